The maximum atomic E-state index is 12.1. The van der Waals surface area contributed by atoms with Gasteiger partial charge in [0.15, 0.2) is 5.84 Å². The Morgan fingerprint density at radius 2 is 2.26 bits per heavy atom. The number of nitrogens with one attached hydrogen (secondary N) is 1. The van der Waals surface area contributed by atoms with Gasteiger partial charge < -0.3 is 16.3 Å². The second-order valence-corrected chi connectivity index (χ2v) is 6.01. The van der Waals surface area contributed by atoms with Crippen LogP contribution in [-0.2, 0) is 0 Å². The number of amides is 1. The van der Waals surface area contributed by atoms with Gasteiger partial charge in [-0.1, -0.05) is 16.8 Å². The monoisotopic (exact) mass is 393 g/mol. The first kappa shape index (κ1) is 14.4. The predicted octanol–water partition coefficient (Wildman–Crippen LogP) is 2.20. The van der Waals surface area contributed by atoms with Crippen molar-refractivity contribution in [3.05, 3.63) is 32.4 Å². The van der Waals surface area contributed by atoms with E-state index in [4.69, 9.17) is 22.5 Å². The lowest BCUT2D eigenvalue weighted by Crippen LogP contribution is -2.46. The summed E-state index contributed by atoms with van der Waals surface area (Å²) in [6.45, 7) is 0. The molecular weight excluding hydrogens is 381 g/mol. The molecule has 1 aliphatic rings. The highest BCUT2D eigenvalue weighted by Crippen LogP contribution is 2.33. The molecule has 1 aromatic rings. The molecule has 0 radical (unpaired) electrons. The molecule has 1 fully saturated rings. The van der Waals surface area contributed by atoms with E-state index in [0.29, 0.717) is 10.6 Å². The fourth-order valence-corrected chi connectivity index (χ4v) is 2.30. The number of nitrogens with two attached hydrogens (primary N) is 1. The van der Waals surface area contributed by atoms with Gasteiger partial charge in [0.1, 0.15) is 0 Å². The second kappa shape index (κ2) is 5.96. The molecule has 5 nitrogen and oxygen atoms in total. The molecule has 0 bridgehead atoms. The third kappa shape index (κ3) is 3.50. The molecule has 0 spiro atoms. The zero-order valence-electron chi connectivity index (χ0n) is 9.94. The number of hydrogen-bond donors (Lipinski definition) is 3. The van der Waals surface area contributed by atoms with Crippen LogP contribution in [0.3, 0.4) is 0 Å². The molecule has 1 aliphatic carbocycles. The Balaban J connectivity index is 2.12. The minimum absolute atomic E-state index is 0.0347. The molecule has 1 atom stereocenters. The molecule has 4 N–H and O–H groups in total. The summed E-state index contributed by atoms with van der Waals surface area (Å²) in [5.74, 6) is 0.00780. The highest BCUT2D eigenvalue weighted by molar-refractivity contribution is 14.1. The molecule has 1 unspecified atom stereocenters. The maximum absolute atomic E-state index is 12.1. The van der Waals surface area contributed by atoms with Gasteiger partial charge in [-0.3, -0.25) is 4.79 Å². The van der Waals surface area contributed by atoms with Crippen molar-refractivity contribution in [3.8, 4) is 0 Å². The first-order valence-electron chi connectivity index (χ1n) is 5.76. The van der Waals surface area contributed by atoms with Gasteiger partial charge in [-0.2, -0.15) is 0 Å². The Labute approximate surface area is 129 Å². The minimum Gasteiger partial charge on any atom is -0.409 e. The topological polar surface area (TPSA) is 87.7 Å². The van der Waals surface area contributed by atoms with Crippen molar-refractivity contribution in [2.24, 2.45) is 16.8 Å². The lowest BCUT2D eigenvalue weighted by Gasteiger charge is -2.16. The molecule has 2 rings (SSSR count). The molecule has 7 heteroatoms. The highest BCUT2D eigenvalue weighted by atomic mass is 127. The summed E-state index contributed by atoms with van der Waals surface area (Å²) >= 11 is 8.07. The lowest BCUT2D eigenvalue weighted by molar-refractivity contribution is 0.0943. The third-order valence-corrected chi connectivity index (χ3v) is 4.57. The molecule has 1 saturated carbocycles. The van der Waals surface area contributed by atoms with Crippen LogP contribution >= 0.6 is 34.2 Å². The van der Waals surface area contributed by atoms with Gasteiger partial charge in [-0.15, -0.1) is 0 Å². The van der Waals surface area contributed by atoms with Crippen LogP contribution in [0.5, 0.6) is 0 Å². The largest absolute Gasteiger partial charge is 0.409 e. The Bertz CT molecular complexity index is 532. The highest BCUT2D eigenvalue weighted by Gasteiger charge is 2.35. The number of oxime groups is 1. The predicted molar refractivity (Wildman–Crippen MR) is 81.6 cm³/mol. The number of rotatable bonds is 4. The smallest absolute Gasteiger partial charge is 0.251 e. The van der Waals surface area contributed by atoms with Crippen LogP contribution in [-0.4, -0.2) is 23.0 Å². The maximum Gasteiger partial charge on any atom is 0.251 e. The van der Waals surface area contributed by atoms with E-state index in [1.54, 1.807) is 18.2 Å². The van der Waals surface area contributed by atoms with Crippen LogP contribution in [0, 0.1) is 9.49 Å². The van der Waals surface area contributed by atoms with E-state index in [9.17, 15) is 4.79 Å². The van der Waals surface area contributed by atoms with Gasteiger partial charge >= 0.3 is 0 Å². The van der Waals surface area contributed by atoms with Crippen LogP contribution in [0.4, 0.5) is 0 Å². The first-order valence-corrected chi connectivity index (χ1v) is 7.22. The summed E-state index contributed by atoms with van der Waals surface area (Å²) in [5, 5.41) is 15.0. The third-order valence-electron chi connectivity index (χ3n) is 3.00. The van der Waals surface area contributed by atoms with Gasteiger partial charge in [0.25, 0.3) is 5.91 Å². The summed E-state index contributed by atoms with van der Waals surface area (Å²) in [6.07, 6.45) is 1.93. The Kier molecular flexibility index (Phi) is 4.51. The number of nitrogens with zero attached hydrogens (tertiary/aromatic N) is 1. The van der Waals surface area contributed by atoms with Crippen LogP contribution in [0.15, 0.2) is 23.4 Å². The zero-order valence-corrected chi connectivity index (χ0v) is 12.9. The average Bonchev–Trinajstić information content (AvgIpc) is 3.22. The van der Waals surface area contributed by atoms with Crippen molar-refractivity contribution >= 4 is 45.9 Å². The van der Waals surface area contributed by atoms with E-state index < -0.39 is 6.04 Å². The number of carbonyl (C=O) groups is 1. The number of benzene rings is 1. The number of carbonyl (C=O) groups excluding carboxylic acids is 1. The molecule has 102 valence electrons. The summed E-state index contributed by atoms with van der Waals surface area (Å²) in [4.78, 5) is 12.1. The van der Waals surface area contributed by atoms with Crippen molar-refractivity contribution in [2.75, 3.05) is 0 Å². The van der Waals surface area contributed by atoms with E-state index in [2.05, 4.69) is 33.1 Å². The van der Waals surface area contributed by atoms with Crippen LogP contribution < -0.4 is 11.1 Å². The normalized spacial score (nSPS) is 17.1. The van der Waals surface area contributed by atoms with E-state index in [1.165, 1.54) is 0 Å². The van der Waals surface area contributed by atoms with Gasteiger partial charge in [-0.05, 0) is 59.5 Å². The standard InChI is InChI=1S/C12H13ClIN3O2/c13-8-5-7(3-4-9(8)14)12(18)16-10(6-1-2-6)11(15)17-19/h3-6,10,19H,1-2H2,(H2,15,17)(H,16,18). The zero-order chi connectivity index (χ0) is 14.0. The fraction of sp³-hybridized carbons (Fsp3) is 0.333. The molecule has 1 aromatic carbocycles. The summed E-state index contributed by atoms with van der Waals surface area (Å²) in [5.41, 5.74) is 6.06. The molecule has 0 heterocycles. The van der Waals surface area contributed by atoms with Crippen molar-refractivity contribution < 1.29 is 10.0 Å². The van der Waals surface area contributed by atoms with Gasteiger partial charge in [0, 0.05) is 9.13 Å². The Morgan fingerprint density at radius 3 is 2.79 bits per heavy atom. The van der Waals surface area contributed by atoms with E-state index in [1.807, 2.05) is 0 Å². The summed E-state index contributed by atoms with van der Waals surface area (Å²) in [6, 6.07) is 4.65. The first-order chi connectivity index (χ1) is 9.02. The van der Waals surface area contributed by atoms with Gasteiger partial charge in [0.05, 0.1) is 11.1 Å². The van der Waals surface area contributed by atoms with Crippen molar-refractivity contribution in [1.82, 2.24) is 5.32 Å². The Hall–Kier alpha value is -1.02. The van der Waals surface area contributed by atoms with Crippen molar-refractivity contribution in [2.45, 2.75) is 18.9 Å². The van der Waals surface area contributed by atoms with E-state index in [0.717, 1.165) is 16.4 Å². The Morgan fingerprint density at radius 1 is 1.58 bits per heavy atom. The summed E-state index contributed by atoms with van der Waals surface area (Å²) < 4.78 is 0.881. The number of amidine groups is 1. The molecule has 1 amide bonds. The SMILES string of the molecule is N/C(=N/O)C(NC(=O)c1ccc(I)c(Cl)c1)C1CC1. The van der Waals surface area contributed by atoms with Crippen molar-refractivity contribution in [1.29, 1.82) is 0 Å². The number of halogens is 2. The lowest BCUT2D eigenvalue weighted by atomic mass is 10.1. The molecule has 0 saturated heterocycles. The summed E-state index contributed by atoms with van der Waals surface area (Å²) in [7, 11) is 0. The van der Waals surface area contributed by atoms with Crippen LogP contribution in [0.1, 0.15) is 23.2 Å². The van der Waals surface area contributed by atoms with E-state index >= 15 is 0 Å². The van der Waals surface area contributed by atoms with E-state index in [-0.39, 0.29) is 17.7 Å². The number of hydrogen-bond acceptors (Lipinski definition) is 3. The van der Waals surface area contributed by atoms with Gasteiger partial charge in [0.2, 0.25) is 0 Å². The fourth-order valence-electron chi connectivity index (χ4n) is 1.79. The average molecular weight is 394 g/mol. The molecule has 19 heavy (non-hydrogen) atoms. The van der Waals surface area contributed by atoms with Crippen molar-refractivity contribution in [3.63, 3.8) is 0 Å². The van der Waals surface area contributed by atoms with Crippen LogP contribution in [0.2, 0.25) is 5.02 Å². The second-order valence-electron chi connectivity index (χ2n) is 4.44. The molecular formula is C12H13ClIN3O2. The molecule has 0 aliphatic heterocycles. The van der Waals surface area contributed by atoms with Gasteiger partial charge in [-0.25, -0.2) is 0 Å². The van der Waals surface area contributed by atoms with Crippen LogP contribution in [0.25, 0.3) is 0 Å². The quantitative estimate of drug-likeness (QED) is 0.241. The molecule has 0 aromatic heterocycles. The minimum atomic E-state index is -0.421.